The molecule has 0 bridgehead atoms. The van der Waals surface area contributed by atoms with Gasteiger partial charge in [-0.3, -0.25) is 4.79 Å². The molecule has 4 heteroatoms. The van der Waals surface area contributed by atoms with Crippen molar-refractivity contribution < 1.29 is 4.79 Å². The summed E-state index contributed by atoms with van der Waals surface area (Å²) >= 11 is 0. The smallest absolute Gasteiger partial charge is 0.251 e. The van der Waals surface area contributed by atoms with Gasteiger partial charge in [-0.25, -0.2) is 0 Å². The van der Waals surface area contributed by atoms with Crippen LogP contribution in [0.1, 0.15) is 15.9 Å². The predicted octanol–water partition coefficient (Wildman–Crippen LogP) is 2.68. The van der Waals surface area contributed by atoms with Gasteiger partial charge in [-0.1, -0.05) is 12.1 Å². The highest BCUT2D eigenvalue weighted by atomic mass is 16.1. The molecule has 0 aromatic heterocycles. The summed E-state index contributed by atoms with van der Waals surface area (Å²) in [6.45, 7) is 2.02. The van der Waals surface area contributed by atoms with Crippen molar-refractivity contribution in [1.29, 1.82) is 0 Å². The van der Waals surface area contributed by atoms with E-state index in [1.54, 1.807) is 25.2 Å². The average Bonchev–Trinajstić information content (AvgIpc) is 2.40. The second kappa shape index (κ2) is 5.44. The Labute approximate surface area is 112 Å². The molecule has 19 heavy (non-hydrogen) atoms. The summed E-state index contributed by atoms with van der Waals surface area (Å²) in [6, 6.07) is 13.1. The molecule has 0 spiro atoms. The molecule has 0 atom stereocenters. The third-order valence-corrected chi connectivity index (χ3v) is 2.84. The van der Waals surface area contributed by atoms with Crippen molar-refractivity contribution in [1.82, 2.24) is 5.32 Å². The molecule has 0 fully saturated rings. The fourth-order valence-corrected chi connectivity index (χ4v) is 1.83. The van der Waals surface area contributed by atoms with Gasteiger partial charge in [0.05, 0.1) is 11.4 Å². The minimum Gasteiger partial charge on any atom is -0.397 e. The van der Waals surface area contributed by atoms with Crippen molar-refractivity contribution in [2.24, 2.45) is 0 Å². The SMILES string of the molecule is CNC(=O)c1ccc(N)c(Nc2cccc(C)c2)c1. The number of nitrogen functional groups attached to an aromatic ring is 1. The minimum atomic E-state index is -0.132. The van der Waals surface area contributed by atoms with Gasteiger partial charge in [0.15, 0.2) is 0 Å². The zero-order valence-corrected chi connectivity index (χ0v) is 11.0. The zero-order chi connectivity index (χ0) is 13.8. The molecule has 1 amide bonds. The van der Waals surface area contributed by atoms with Crippen LogP contribution in [0, 0.1) is 6.92 Å². The number of amides is 1. The molecule has 2 aromatic carbocycles. The first-order chi connectivity index (χ1) is 9.10. The summed E-state index contributed by atoms with van der Waals surface area (Å²) in [5, 5.41) is 5.82. The quantitative estimate of drug-likeness (QED) is 0.739. The summed E-state index contributed by atoms with van der Waals surface area (Å²) in [5.41, 5.74) is 9.94. The lowest BCUT2D eigenvalue weighted by Crippen LogP contribution is -2.17. The molecule has 0 unspecified atom stereocenters. The van der Waals surface area contributed by atoms with Crippen LogP contribution in [-0.2, 0) is 0 Å². The number of nitrogens with two attached hydrogens (primary N) is 1. The molecule has 0 aliphatic heterocycles. The van der Waals surface area contributed by atoms with Crippen LogP contribution in [0.5, 0.6) is 0 Å². The Kier molecular flexibility index (Phi) is 3.71. The van der Waals surface area contributed by atoms with E-state index < -0.39 is 0 Å². The van der Waals surface area contributed by atoms with Crippen LogP contribution in [0.3, 0.4) is 0 Å². The summed E-state index contributed by atoms with van der Waals surface area (Å²) in [6.07, 6.45) is 0. The Morgan fingerprint density at radius 1 is 1.16 bits per heavy atom. The van der Waals surface area contributed by atoms with E-state index in [2.05, 4.69) is 10.6 Å². The third-order valence-electron chi connectivity index (χ3n) is 2.84. The molecule has 4 nitrogen and oxygen atoms in total. The lowest BCUT2D eigenvalue weighted by molar-refractivity contribution is 0.0963. The summed E-state index contributed by atoms with van der Waals surface area (Å²) < 4.78 is 0. The van der Waals surface area contributed by atoms with E-state index in [0.717, 1.165) is 16.9 Å². The molecule has 4 N–H and O–H groups in total. The van der Waals surface area contributed by atoms with Gasteiger partial charge in [0, 0.05) is 18.3 Å². The highest BCUT2D eigenvalue weighted by Crippen LogP contribution is 2.24. The maximum absolute atomic E-state index is 11.6. The Morgan fingerprint density at radius 2 is 1.95 bits per heavy atom. The number of nitrogens with one attached hydrogen (secondary N) is 2. The van der Waals surface area contributed by atoms with E-state index in [1.165, 1.54) is 0 Å². The third kappa shape index (κ3) is 3.04. The molecular weight excluding hydrogens is 238 g/mol. The van der Waals surface area contributed by atoms with Crippen LogP contribution < -0.4 is 16.4 Å². The van der Waals surface area contributed by atoms with E-state index in [0.29, 0.717) is 11.3 Å². The van der Waals surface area contributed by atoms with Gasteiger partial charge in [-0.2, -0.15) is 0 Å². The van der Waals surface area contributed by atoms with E-state index >= 15 is 0 Å². The maximum atomic E-state index is 11.6. The zero-order valence-electron chi connectivity index (χ0n) is 11.0. The van der Waals surface area contributed by atoms with E-state index in [4.69, 9.17) is 5.73 Å². The molecule has 0 aliphatic rings. The summed E-state index contributed by atoms with van der Waals surface area (Å²) in [4.78, 5) is 11.6. The molecule has 0 saturated carbocycles. The van der Waals surface area contributed by atoms with Crippen molar-refractivity contribution >= 4 is 23.0 Å². The largest absolute Gasteiger partial charge is 0.397 e. The van der Waals surface area contributed by atoms with E-state index in [-0.39, 0.29) is 5.91 Å². The van der Waals surface area contributed by atoms with Gasteiger partial charge in [-0.05, 0) is 42.8 Å². The van der Waals surface area contributed by atoms with Crippen molar-refractivity contribution in [2.45, 2.75) is 6.92 Å². The van der Waals surface area contributed by atoms with Gasteiger partial charge in [-0.15, -0.1) is 0 Å². The number of aryl methyl sites for hydroxylation is 1. The number of benzene rings is 2. The fraction of sp³-hybridized carbons (Fsp3) is 0.133. The van der Waals surface area contributed by atoms with Crippen molar-refractivity contribution in [3.63, 3.8) is 0 Å². The van der Waals surface area contributed by atoms with Crippen molar-refractivity contribution in [3.05, 3.63) is 53.6 Å². The average molecular weight is 255 g/mol. The first-order valence-electron chi connectivity index (χ1n) is 6.05. The summed E-state index contributed by atoms with van der Waals surface area (Å²) in [5.74, 6) is -0.132. The lowest BCUT2D eigenvalue weighted by Gasteiger charge is -2.11. The number of carbonyl (C=O) groups excluding carboxylic acids is 1. The summed E-state index contributed by atoms with van der Waals surface area (Å²) in [7, 11) is 1.60. The van der Waals surface area contributed by atoms with Gasteiger partial charge in [0.1, 0.15) is 0 Å². The molecule has 0 aliphatic carbocycles. The van der Waals surface area contributed by atoms with E-state index in [1.807, 2.05) is 31.2 Å². The first kappa shape index (κ1) is 13.0. The topological polar surface area (TPSA) is 67.2 Å². The van der Waals surface area contributed by atoms with Crippen LogP contribution in [0.15, 0.2) is 42.5 Å². The molecule has 2 rings (SSSR count). The van der Waals surface area contributed by atoms with Crippen molar-refractivity contribution in [2.75, 3.05) is 18.1 Å². The van der Waals surface area contributed by atoms with E-state index in [9.17, 15) is 4.79 Å². The normalized spacial score (nSPS) is 10.0. The number of anilines is 3. The molecule has 98 valence electrons. The monoisotopic (exact) mass is 255 g/mol. The number of hydrogen-bond acceptors (Lipinski definition) is 3. The second-order valence-electron chi connectivity index (χ2n) is 4.38. The number of hydrogen-bond donors (Lipinski definition) is 3. The van der Waals surface area contributed by atoms with Crippen LogP contribution in [-0.4, -0.2) is 13.0 Å². The molecule has 0 radical (unpaired) electrons. The van der Waals surface area contributed by atoms with Crippen LogP contribution in [0.2, 0.25) is 0 Å². The van der Waals surface area contributed by atoms with Gasteiger partial charge < -0.3 is 16.4 Å². The van der Waals surface area contributed by atoms with Gasteiger partial charge >= 0.3 is 0 Å². The standard InChI is InChI=1S/C15H17N3O/c1-10-4-3-5-12(8-10)18-14-9-11(15(19)17-2)6-7-13(14)16/h3-9,18H,16H2,1-2H3,(H,17,19). The number of carbonyl (C=O) groups is 1. The fourth-order valence-electron chi connectivity index (χ4n) is 1.83. The molecule has 0 heterocycles. The highest BCUT2D eigenvalue weighted by Gasteiger charge is 2.07. The van der Waals surface area contributed by atoms with Gasteiger partial charge in [0.25, 0.3) is 5.91 Å². The van der Waals surface area contributed by atoms with Crippen LogP contribution in [0.4, 0.5) is 17.1 Å². The van der Waals surface area contributed by atoms with Crippen LogP contribution in [0.25, 0.3) is 0 Å². The number of rotatable bonds is 3. The lowest BCUT2D eigenvalue weighted by atomic mass is 10.1. The molecule has 2 aromatic rings. The van der Waals surface area contributed by atoms with Crippen LogP contribution >= 0.6 is 0 Å². The van der Waals surface area contributed by atoms with Crippen molar-refractivity contribution in [3.8, 4) is 0 Å². The Morgan fingerprint density at radius 3 is 2.63 bits per heavy atom. The minimum absolute atomic E-state index is 0.132. The highest BCUT2D eigenvalue weighted by molar-refractivity contribution is 5.96. The predicted molar refractivity (Wildman–Crippen MR) is 78.7 cm³/mol. The Balaban J connectivity index is 2.31. The Bertz CT molecular complexity index is 608. The maximum Gasteiger partial charge on any atom is 0.251 e. The molecular formula is C15H17N3O. The second-order valence-corrected chi connectivity index (χ2v) is 4.38. The van der Waals surface area contributed by atoms with Gasteiger partial charge in [0.2, 0.25) is 0 Å². The Hall–Kier alpha value is -2.49. The molecule has 0 saturated heterocycles. The first-order valence-corrected chi connectivity index (χ1v) is 6.05.